The Morgan fingerprint density at radius 1 is 1.00 bits per heavy atom. The summed E-state index contributed by atoms with van der Waals surface area (Å²) in [6.45, 7) is 1.48. The van der Waals surface area contributed by atoms with Gasteiger partial charge in [0.1, 0.15) is 0 Å². The van der Waals surface area contributed by atoms with Crippen molar-refractivity contribution in [1.82, 2.24) is 21.3 Å². The number of nitrogens with one attached hydrogen (secondary N) is 4. The van der Waals surface area contributed by atoms with Crippen LogP contribution in [0.25, 0.3) is 0 Å². The quantitative estimate of drug-likeness (QED) is 0.132. The molecule has 4 N–H and O–H groups in total. The second-order valence-electron chi connectivity index (χ2n) is 7.12. The van der Waals surface area contributed by atoms with E-state index in [9.17, 15) is 14.4 Å². The molecule has 0 aromatic carbocycles. The summed E-state index contributed by atoms with van der Waals surface area (Å²) in [5.74, 6) is 1.22. The minimum Gasteiger partial charge on any atom is -0.356 e. The van der Waals surface area contributed by atoms with Gasteiger partial charge in [-0.1, -0.05) is 41.9 Å². The number of unbranched alkanes of at least 4 members (excludes halogenated alkanes) is 4. The van der Waals surface area contributed by atoms with Gasteiger partial charge in [0.15, 0.2) is 0 Å². The first-order valence-electron chi connectivity index (χ1n) is 9.88. The SMILES string of the molecule is O=C(CI)NCCCCCCNC(=O)CCCC[C@H]1SC[C@@H]2NC(=O)N[C@H]21. The van der Waals surface area contributed by atoms with Gasteiger partial charge in [-0.25, -0.2) is 4.79 Å². The molecule has 2 saturated heterocycles. The van der Waals surface area contributed by atoms with E-state index in [1.807, 2.05) is 11.8 Å². The lowest BCUT2D eigenvalue weighted by Gasteiger charge is -2.16. The minimum absolute atomic E-state index is 0.0416. The molecule has 2 heterocycles. The van der Waals surface area contributed by atoms with Crippen molar-refractivity contribution < 1.29 is 14.4 Å². The smallest absolute Gasteiger partial charge is 0.315 e. The van der Waals surface area contributed by atoms with Crippen LogP contribution in [-0.2, 0) is 9.59 Å². The predicted molar refractivity (Wildman–Crippen MR) is 117 cm³/mol. The molecule has 27 heavy (non-hydrogen) atoms. The number of hydrogen-bond donors (Lipinski definition) is 4. The van der Waals surface area contributed by atoms with Gasteiger partial charge in [-0.3, -0.25) is 9.59 Å². The fraction of sp³-hybridized carbons (Fsp3) is 0.833. The van der Waals surface area contributed by atoms with Gasteiger partial charge in [-0.15, -0.1) is 0 Å². The topological polar surface area (TPSA) is 99.3 Å². The maximum absolute atomic E-state index is 11.9. The third-order valence-electron chi connectivity index (χ3n) is 4.95. The zero-order valence-electron chi connectivity index (χ0n) is 15.7. The summed E-state index contributed by atoms with van der Waals surface area (Å²) >= 11 is 3.98. The number of urea groups is 1. The number of carbonyl (C=O) groups is 3. The molecule has 2 fully saturated rings. The van der Waals surface area contributed by atoms with Gasteiger partial charge in [0.05, 0.1) is 16.5 Å². The highest BCUT2D eigenvalue weighted by Gasteiger charge is 2.42. The van der Waals surface area contributed by atoms with Crippen molar-refractivity contribution in [1.29, 1.82) is 0 Å². The van der Waals surface area contributed by atoms with Crippen LogP contribution >= 0.6 is 34.4 Å². The molecule has 7 nitrogen and oxygen atoms in total. The highest BCUT2D eigenvalue weighted by atomic mass is 127. The lowest BCUT2D eigenvalue weighted by atomic mass is 10.0. The van der Waals surface area contributed by atoms with Gasteiger partial charge in [-0.2, -0.15) is 11.8 Å². The Morgan fingerprint density at radius 3 is 2.41 bits per heavy atom. The summed E-state index contributed by atoms with van der Waals surface area (Å²) in [4.78, 5) is 34.3. The molecule has 0 saturated carbocycles. The highest BCUT2D eigenvalue weighted by molar-refractivity contribution is 14.1. The average molecular weight is 510 g/mol. The van der Waals surface area contributed by atoms with Gasteiger partial charge < -0.3 is 21.3 Å². The summed E-state index contributed by atoms with van der Waals surface area (Å²) in [5, 5.41) is 12.3. The lowest BCUT2D eigenvalue weighted by Crippen LogP contribution is -2.36. The molecule has 0 unspecified atom stereocenters. The van der Waals surface area contributed by atoms with Crippen molar-refractivity contribution in [2.75, 3.05) is 23.3 Å². The van der Waals surface area contributed by atoms with E-state index >= 15 is 0 Å². The van der Waals surface area contributed by atoms with E-state index in [1.54, 1.807) is 0 Å². The molecular formula is C18H31IN4O3S. The van der Waals surface area contributed by atoms with E-state index in [0.717, 1.165) is 63.8 Å². The molecule has 3 atom stereocenters. The van der Waals surface area contributed by atoms with Gasteiger partial charge in [0.25, 0.3) is 0 Å². The molecule has 2 rings (SSSR count). The first-order chi connectivity index (χ1) is 13.1. The molecule has 0 spiro atoms. The zero-order valence-corrected chi connectivity index (χ0v) is 18.7. The van der Waals surface area contributed by atoms with Crippen molar-refractivity contribution in [3.63, 3.8) is 0 Å². The monoisotopic (exact) mass is 510 g/mol. The van der Waals surface area contributed by atoms with Gasteiger partial charge in [0, 0.05) is 30.5 Å². The van der Waals surface area contributed by atoms with Crippen molar-refractivity contribution in [3.05, 3.63) is 0 Å². The normalized spacial score (nSPS) is 23.4. The molecule has 2 aliphatic rings. The van der Waals surface area contributed by atoms with Crippen LogP contribution in [0.1, 0.15) is 51.4 Å². The molecule has 0 radical (unpaired) electrons. The van der Waals surface area contributed by atoms with Crippen LogP contribution in [0.5, 0.6) is 0 Å². The fourth-order valence-corrected chi connectivity index (χ4v) is 5.28. The third kappa shape index (κ3) is 8.45. The number of fused-ring (bicyclic) bond motifs is 1. The van der Waals surface area contributed by atoms with Crippen LogP contribution in [0.2, 0.25) is 0 Å². The van der Waals surface area contributed by atoms with Crippen LogP contribution < -0.4 is 21.3 Å². The average Bonchev–Trinajstić information content (AvgIpc) is 3.20. The minimum atomic E-state index is -0.0416. The maximum atomic E-state index is 11.9. The van der Waals surface area contributed by atoms with Crippen molar-refractivity contribution in [3.8, 4) is 0 Å². The molecule has 0 aliphatic carbocycles. The van der Waals surface area contributed by atoms with Crippen molar-refractivity contribution in [2.24, 2.45) is 0 Å². The number of amides is 4. The van der Waals surface area contributed by atoms with E-state index in [2.05, 4.69) is 43.9 Å². The molecule has 0 aromatic rings. The molecular weight excluding hydrogens is 479 g/mol. The van der Waals surface area contributed by atoms with E-state index in [0.29, 0.717) is 16.1 Å². The predicted octanol–water partition coefficient (Wildman–Crippen LogP) is 1.94. The molecule has 0 aromatic heterocycles. The second kappa shape index (κ2) is 12.7. The van der Waals surface area contributed by atoms with Crippen LogP contribution in [0, 0.1) is 0 Å². The fourth-order valence-electron chi connectivity index (χ4n) is 3.47. The summed E-state index contributed by atoms with van der Waals surface area (Å²) in [7, 11) is 0. The Bertz CT molecular complexity index is 509. The molecule has 9 heteroatoms. The summed E-state index contributed by atoms with van der Waals surface area (Å²) in [6, 6.07) is 0.490. The molecule has 2 aliphatic heterocycles. The standard InChI is InChI=1S/C18H31IN4O3S/c19-11-16(25)21-10-6-2-1-5-9-20-15(24)8-4-3-7-14-17-13(12-27-14)22-18(26)23-17/h13-14,17H,1-12H2,(H,20,24)(H,21,25)(H2,22,23,26)/t13-,14+,17+/m0/s1. The summed E-state index contributed by atoms with van der Waals surface area (Å²) < 4.78 is 0.512. The Morgan fingerprint density at radius 2 is 1.70 bits per heavy atom. The number of thioether (sulfide) groups is 1. The maximum Gasteiger partial charge on any atom is 0.315 e. The van der Waals surface area contributed by atoms with E-state index in [1.165, 1.54) is 0 Å². The number of halogens is 1. The van der Waals surface area contributed by atoms with Crippen LogP contribution in [0.3, 0.4) is 0 Å². The highest BCUT2D eigenvalue weighted by Crippen LogP contribution is 2.33. The molecule has 4 amide bonds. The number of rotatable bonds is 13. The van der Waals surface area contributed by atoms with E-state index < -0.39 is 0 Å². The molecule has 154 valence electrons. The Hall–Kier alpha value is -0.710. The van der Waals surface area contributed by atoms with Gasteiger partial charge in [-0.05, 0) is 25.7 Å². The first kappa shape index (κ1) is 22.6. The van der Waals surface area contributed by atoms with Crippen LogP contribution in [0.4, 0.5) is 4.79 Å². The Kier molecular flexibility index (Phi) is 10.6. The van der Waals surface area contributed by atoms with E-state index in [-0.39, 0.29) is 29.9 Å². The van der Waals surface area contributed by atoms with Crippen molar-refractivity contribution >= 4 is 52.2 Å². The van der Waals surface area contributed by atoms with E-state index in [4.69, 9.17) is 0 Å². The Balaban J connectivity index is 1.39. The molecule has 0 bridgehead atoms. The number of hydrogen-bond acceptors (Lipinski definition) is 4. The Labute approximate surface area is 179 Å². The van der Waals surface area contributed by atoms with Crippen LogP contribution in [0.15, 0.2) is 0 Å². The zero-order chi connectivity index (χ0) is 19.5. The van der Waals surface area contributed by atoms with Gasteiger partial charge >= 0.3 is 6.03 Å². The van der Waals surface area contributed by atoms with Gasteiger partial charge in [0.2, 0.25) is 11.8 Å². The number of carbonyl (C=O) groups excluding carboxylic acids is 3. The third-order valence-corrected chi connectivity index (χ3v) is 7.15. The largest absolute Gasteiger partial charge is 0.356 e. The van der Waals surface area contributed by atoms with Crippen LogP contribution in [-0.4, -0.2) is 58.4 Å². The van der Waals surface area contributed by atoms with Crippen molar-refractivity contribution in [2.45, 2.75) is 68.7 Å². The lowest BCUT2D eigenvalue weighted by molar-refractivity contribution is -0.121. The first-order valence-corrected chi connectivity index (χ1v) is 12.5. The summed E-state index contributed by atoms with van der Waals surface area (Å²) in [5.41, 5.74) is 0. The summed E-state index contributed by atoms with van der Waals surface area (Å²) in [6.07, 6.45) is 7.68. The number of alkyl halides is 1. The second-order valence-corrected chi connectivity index (χ2v) is 9.15.